The highest BCUT2D eigenvalue weighted by molar-refractivity contribution is 8.71. The molecule has 0 aromatic carbocycles. The Balaban J connectivity index is 4.27. The van der Waals surface area contributed by atoms with Gasteiger partial charge in [0.25, 0.3) is 8.67 Å². The Morgan fingerprint density at radius 3 is 2.00 bits per heavy atom. The average molecular weight is 329 g/mol. The van der Waals surface area contributed by atoms with E-state index in [0.717, 1.165) is 0 Å². The van der Waals surface area contributed by atoms with Crippen molar-refractivity contribution in [1.82, 2.24) is 0 Å². The fourth-order valence-corrected chi connectivity index (χ4v) is 12.6. The quantitative estimate of drug-likeness (QED) is 0.382. The molecule has 0 saturated heterocycles. The fraction of sp³-hybridized carbons (Fsp3) is 1.00. The van der Waals surface area contributed by atoms with Crippen molar-refractivity contribution in [3.8, 4) is 0 Å². The third kappa shape index (κ3) is 6.66. The van der Waals surface area contributed by atoms with Crippen LogP contribution in [-0.2, 0) is 26.5 Å². The van der Waals surface area contributed by atoms with Gasteiger partial charge in [0.05, 0.1) is 7.47 Å². The molecule has 0 fully saturated rings. The van der Waals surface area contributed by atoms with Crippen LogP contribution in [0.2, 0.25) is 6.04 Å². The molecule has 0 bridgehead atoms. The van der Waals surface area contributed by atoms with Gasteiger partial charge in [-0.2, -0.15) is 0 Å². The molecular weight excluding hydrogens is 314 g/mol. The first-order valence-corrected chi connectivity index (χ1v) is 12.8. The highest BCUT2D eigenvalue weighted by Gasteiger charge is 2.37. The van der Waals surface area contributed by atoms with E-state index < -0.39 is 32.4 Å². The molecule has 2 unspecified atom stereocenters. The number of rotatable bonds is 8. The predicted octanol–water partition coefficient (Wildman–Crippen LogP) is 1.50. The number of hydrogen-bond donors (Lipinski definition) is 0. The Kier molecular flexibility index (Phi) is 7.90. The van der Waals surface area contributed by atoms with Gasteiger partial charge in [0.15, 0.2) is 0 Å². The molecule has 0 amide bonds. The third-order valence-electron chi connectivity index (χ3n) is 1.83. The molecule has 0 aromatic rings. The Bertz CT molecular complexity index is 324. The number of hydrogen-bond acceptors (Lipinski definition) is 6. The van der Waals surface area contributed by atoms with Crippen LogP contribution in [0, 0.1) is 0 Å². The molecule has 11 heteroatoms. The van der Waals surface area contributed by atoms with Gasteiger partial charge in [-0.05, 0) is 0 Å². The van der Waals surface area contributed by atoms with Crippen molar-refractivity contribution in [2.75, 3.05) is 27.5 Å². The molecule has 0 aliphatic carbocycles. The maximum absolute atomic E-state index is 11.4. The van der Waals surface area contributed by atoms with Gasteiger partial charge in [-0.1, -0.05) is 0 Å². The lowest BCUT2D eigenvalue weighted by atomic mass is 11.0. The van der Waals surface area contributed by atoms with Crippen LogP contribution < -0.4 is 0 Å². The summed E-state index contributed by atoms with van der Waals surface area (Å²) in [6, 6.07) is 0.313. The van der Waals surface area contributed by atoms with E-state index in [9.17, 15) is 13.0 Å². The smallest absolute Gasteiger partial charge is 0.377 e. The van der Waals surface area contributed by atoms with Crippen molar-refractivity contribution < 1.29 is 26.3 Å². The summed E-state index contributed by atoms with van der Waals surface area (Å²) in [6.45, 7) is 0. The zero-order valence-electron chi connectivity index (χ0n) is 9.15. The molecule has 98 valence electrons. The molecule has 0 spiro atoms. The van der Waals surface area contributed by atoms with Crippen LogP contribution in [0.4, 0.5) is 0 Å². The molecule has 0 aromatic heterocycles. The highest BCUT2D eigenvalue weighted by Crippen LogP contribution is 2.51. The lowest BCUT2D eigenvalue weighted by molar-refractivity contribution is 0.125. The summed E-state index contributed by atoms with van der Waals surface area (Å²) < 4.78 is 48.2. The molecule has 0 heterocycles. The molecule has 0 radical (unpaired) electrons. The third-order valence-corrected chi connectivity index (χ3v) is 14.7. The predicted molar refractivity (Wildman–Crippen MR) is 68.5 cm³/mol. The monoisotopic (exact) mass is 328 g/mol. The molecule has 0 aliphatic heterocycles. The van der Waals surface area contributed by atoms with E-state index in [1.807, 2.05) is 0 Å². The first-order valence-electron chi connectivity index (χ1n) is 4.19. The minimum atomic E-state index is -3.69. The van der Waals surface area contributed by atoms with Crippen LogP contribution in [-0.4, -0.2) is 44.7 Å². The summed E-state index contributed by atoms with van der Waals surface area (Å²) >= 11 is 0. The molecule has 0 saturated carbocycles. The molecule has 0 aliphatic rings. The van der Waals surface area contributed by atoms with Gasteiger partial charge in [-0.15, -0.1) is 0 Å². The maximum atomic E-state index is 11.4. The van der Waals surface area contributed by atoms with Gasteiger partial charge in [0.1, 0.15) is 7.49 Å². The second-order valence-corrected chi connectivity index (χ2v) is 16.0. The van der Waals surface area contributed by atoms with Crippen molar-refractivity contribution in [3.05, 3.63) is 0 Å². The maximum Gasteiger partial charge on any atom is 0.500 e. The summed E-state index contributed by atoms with van der Waals surface area (Å²) in [5, 5.41) is 0. The van der Waals surface area contributed by atoms with Crippen molar-refractivity contribution in [2.24, 2.45) is 0 Å². The van der Waals surface area contributed by atoms with E-state index in [1.165, 1.54) is 21.3 Å². The van der Waals surface area contributed by atoms with Gasteiger partial charge in [-0.3, -0.25) is 0 Å². The molecule has 0 N–H and O–H groups in total. The van der Waals surface area contributed by atoms with Gasteiger partial charge in [0, 0.05) is 44.2 Å². The highest BCUT2D eigenvalue weighted by atomic mass is 35.7. The topological polar surface area (TPSA) is 78.9 Å². The molecular formula is C5H15ClO6P2SSi. The number of halogens is 1. The van der Waals surface area contributed by atoms with E-state index >= 15 is 0 Å². The van der Waals surface area contributed by atoms with Gasteiger partial charge in [0.2, 0.25) is 0 Å². The minimum absolute atomic E-state index is 0.191. The standard InChI is InChI=1S/C5H15ClO6P2SSi/c1-10-16(11-2,12-3)5-4-14(7)13-15(6,8)9/h13-14H,4-5H2,1-3H3. The average Bonchev–Trinajstić information content (AvgIpc) is 2.18. The van der Waals surface area contributed by atoms with Crippen LogP contribution in [0.5, 0.6) is 0 Å². The minimum Gasteiger partial charge on any atom is -0.377 e. The van der Waals surface area contributed by atoms with E-state index in [1.54, 1.807) is 0 Å². The first kappa shape index (κ1) is 17.0. The van der Waals surface area contributed by atoms with Gasteiger partial charge < -0.3 is 17.8 Å². The van der Waals surface area contributed by atoms with Crippen LogP contribution >= 0.6 is 25.6 Å². The summed E-state index contributed by atoms with van der Waals surface area (Å²) in [4.78, 5) is 0. The van der Waals surface area contributed by atoms with Crippen LogP contribution in [0.25, 0.3) is 0 Å². The fourth-order valence-electron chi connectivity index (χ4n) is 1.01. The lowest BCUT2D eigenvalue weighted by Gasteiger charge is -2.23. The van der Waals surface area contributed by atoms with E-state index in [4.69, 9.17) is 24.0 Å². The van der Waals surface area contributed by atoms with E-state index in [2.05, 4.69) is 0 Å². The SMILES string of the molecule is CO[Si](CC[PH](=O)PS(=O)(=O)Cl)(OC)OC. The Morgan fingerprint density at radius 1 is 1.25 bits per heavy atom. The Labute approximate surface area is 103 Å². The Morgan fingerprint density at radius 2 is 1.69 bits per heavy atom. The molecule has 0 rings (SSSR count). The zero-order valence-corrected chi connectivity index (χ0v) is 13.7. The van der Waals surface area contributed by atoms with Crippen molar-refractivity contribution in [1.29, 1.82) is 0 Å². The summed E-state index contributed by atoms with van der Waals surface area (Å²) in [5.41, 5.74) is 0. The molecule has 16 heavy (non-hydrogen) atoms. The van der Waals surface area contributed by atoms with E-state index in [0.29, 0.717) is 6.04 Å². The van der Waals surface area contributed by atoms with Gasteiger partial charge >= 0.3 is 8.80 Å². The van der Waals surface area contributed by atoms with Gasteiger partial charge in [-0.25, -0.2) is 8.42 Å². The molecule has 6 nitrogen and oxygen atoms in total. The van der Waals surface area contributed by atoms with Crippen LogP contribution in [0.3, 0.4) is 0 Å². The second kappa shape index (κ2) is 7.44. The van der Waals surface area contributed by atoms with Crippen molar-refractivity contribution in [2.45, 2.75) is 6.04 Å². The van der Waals surface area contributed by atoms with Crippen LogP contribution in [0.15, 0.2) is 0 Å². The second-order valence-electron chi connectivity index (χ2n) is 2.76. The van der Waals surface area contributed by atoms with Crippen LogP contribution in [0.1, 0.15) is 0 Å². The zero-order chi connectivity index (χ0) is 12.8. The summed E-state index contributed by atoms with van der Waals surface area (Å²) in [7, 11) is -0.129. The summed E-state index contributed by atoms with van der Waals surface area (Å²) in [6.07, 6.45) is 0.191. The summed E-state index contributed by atoms with van der Waals surface area (Å²) in [5.74, 6) is 0. The van der Waals surface area contributed by atoms with E-state index in [-0.39, 0.29) is 6.16 Å². The van der Waals surface area contributed by atoms with Crippen molar-refractivity contribution in [3.63, 3.8) is 0 Å². The first-order chi connectivity index (χ1) is 7.28. The lowest BCUT2D eigenvalue weighted by Crippen LogP contribution is -2.43. The normalized spacial score (nSPS) is 15.8. The van der Waals surface area contributed by atoms with Crippen molar-refractivity contribution >= 4 is 43.1 Å². The Hall–Kier alpha value is 0.997. The largest absolute Gasteiger partial charge is 0.500 e. The molecule has 2 atom stereocenters.